The minimum atomic E-state index is -4.67. The van der Waals surface area contributed by atoms with Gasteiger partial charge in [-0.15, -0.1) is 0 Å². The van der Waals surface area contributed by atoms with Crippen molar-refractivity contribution in [1.82, 2.24) is 15.1 Å². The Balaban J connectivity index is 2.01. The predicted octanol–water partition coefficient (Wildman–Crippen LogP) is 3.41. The number of hydrogen-bond donors (Lipinski definition) is 2. The average Bonchev–Trinajstić information content (AvgIpc) is 3.01. The highest BCUT2D eigenvalue weighted by atomic mass is 19.4. The van der Waals surface area contributed by atoms with Gasteiger partial charge in [-0.2, -0.15) is 18.3 Å². The van der Waals surface area contributed by atoms with Crippen LogP contribution < -0.4 is 10.6 Å². The summed E-state index contributed by atoms with van der Waals surface area (Å²) in [6.45, 7) is 4.70. The van der Waals surface area contributed by atoms with E-state index < -0.39 is 29.4 Å². The number of carbonyl (C=O) groups excluding carboxylic acids is 2. The maximum atomic E-state index is 13.3. The summed E-state index contributed by atoms with van der Waals surface area (Å²) in [5, 5.41) is 8.84. The highest BCUT2D eigenvalue weighted by molar-refractivity contribution is 5.95. The van der Waals surface area contributed by atoms with E-state index in [1.165, 1.54) is 6.92 Å². The fraction of sp³-hybridized carbons (Fsp3) is 0.389. The first-order valence-corrected chi connectivity index (χ1v) is 8.39. The monoisotopic (exact) mass is 382 g/mol. The number of aromatic nitrogens is 2. The summed E-state index contributed by atoms with van der Waals surface area (Å²) in [7, 11) is 0. The Bertz CT molecular complexity index is 811. The van der Waals surface area contributed by atoms with Crippen molar-refractivity contribution in [2.75, 3.05) is 11.9 Å². The smallest absolute Gasteiger partial charge is 0.352 e. The van der Waals surface area contributed by atoms with Gasteiger partial charge in [-0.05, 0) is 38.0 Å². The van der Waals surface area contributed by atoms with Gasteiger partial charge in [0.15, 0.2) is 5.69 Å². The minimum absolute atomic E-state index is 0.169. The summed E-state index contributed by atoms with van der Waals surface area (Å²) < 4.78 is 40.7. The molecule has 0 atom stereocenters. The molecular weight excluding hydrogens is 361 g/mol. The molecule has 2 amide bonds. The average molecular weight is 382 g/mol. The molecule has 2 rings (SSSR count). The second-order valence-corrected chi connectivity index (χ2v) is 6.33. The molecule has 1 aromatic heterocycles. The summed E-state index contributed by atoms with van der Waals surface area (Å²) in [6.07, 6.45) is -3.29. The van der Waals surface area contributed by atoms with E-state index in [1.54, 1.807) is 38.1 Å². The normalized spacial score (nSPS) is 11.5. The van der Waals surface area contributed by atoms with Crippen LogP contribution >= 0.6 is 0 Å². The zero-order valence-electron chi connectivity index (χ0n) is 15.2. The van der Waals surface area contributed by atoms with Crippen molar-refractivity contribution in [3.05, 3.63) is 47.3 Å². The maximum absolute atomic E-state index is 13.3. The van der Waals surface area contributed by atoms with Gasteiger partial charge in [0.25, 0.3) is 5.91 Å². The van der Waals surface area contributed by atoms with Gasteiger partial charge >= 0.3 is 6.18 Å². The molecule has 6 nitrogen and oxygen atoms in total. The van der Waals surface area contributed by atoms with Gasteiger partial charge in [0.1, 0.15) is 0 Å². The van der Waals surface area contributed by atoms with Gasteiger partial charge in [-0.25, -0.2) is 0 Å². The van der Waals surface area contributed by atoms with E-state index in [-0.39, 0.29) is 12.5 Å². The molecule has 0 aliphatic rings. The van der Waals surface area contributed by atoms with Crippen LogP contribution in [0.3, 0.4) is 0 Å². The lowest BCUT2D eigenvalue weighted by Gasteiger charge is -2.15. The van der Waals surface area contributed by atoms with Crippen LogP contribution in [0.2, 0.25) is 0 Å². The van der Waals surface area contributed by atoms with E-state index in [9.17, 15) is 22.8 Å². The standard InChI is InChI=1S/C18H21F3N4O2/c1-11(2)25-16(18(19,20)21)15(10-23-25)17(27)22-9-8-13-4-6-14(7-5-13)24-12(3)26/h4-7,10-11H,8-9H2,1-3H3,(H,22,27)(H,24,26). The van der Waals surface area contributed by atoms with E-state index in [4.69, 9.17) is 0 Å². The lowest BCUT2D eigenvalue weighted by molar-refractivity contribution is -0.145. The summed E-state index contributed by atoms with van der Waals surface area (Å²) >= 11 is 0. The van der Waals surface area contributed by atoms with Crippen LogP contribution in [0, 0.1) is 0 Å². The number of alkyl halides is 3. The molecule has 9 heteroatoms. The largest absolute Gasteiger partial charge is 0.433 e. The number of nitrogens with one attached hydrogen (secondary N) is 2. The molecule has 0 aliphatic heterocycles. The summed E-state index contributed by atoms with van der Waals surface area (Å²) in [5.74, 6) is -0.999. The number of halogens is 3. The molecule has 2 aromatic rings. The third-order valence-electron chi connectivity index (χ3n) is 3.77. The predicted molar refractivity (Wildman–Crippen MR) is 94.4 cm³/mol. The molecule has 0 aliphatic carbocycles. The highest BCUT2D eigenvalue weighted by Crippen LogP contribution is 2.33. The first kappa shape index (κ1) is 20.5. The van der Waals surface area contributed by atoms with Crippen molar-refractivity contribution < 1.29 is 22.8 Å². The van der Waals surface area contributed by atoms with E-state index in [0.29, 0.717) is 12.1 Å². The molecular formula is C18H21F3N4O2. The van der Waals surface area contributed by atoms with E-state index in [2.05, 4.69) is 15.7 Å². The Morgan fingerprint density at radius 1 is 1.19 bits per heavy atom. The Hall–Kier alpha value is -2.84. The van der Waals surface area contributed by atoms with Crippen molar-refractivity contribution >= 4 is 17.5 Å². The van der Waals surface area contributed by atoms with Crippen LogP contribution in [0.25, 0.3) is 0 Å². The first-order chi connectivity index (χ1) is 12.6. The van der Waals surface area contributed by atoms with Crippen molar-refractivity contribution in [3.63, 3.8) is 0 Å². The Morgan fingerprint density at radius 3 is 2.33 bits per heavy atom. The number of hydrogen-bond acceptors (Lipinski definition) is 3. The molecule has 0 radical (unpaired) electrons. The van der Waals surface area contributed by atoms with E-state index >= 15 is 0 Å². The fourth-order valence-electron chi connectivity index (χ4n) is 2.58. The van der Waals surface area contributed by atoms with Crippen molar-refractivity contribution in [3.8, 4) is 0 Å². The van der Waals surface area contributed by atoms with Crippen LogP contribution in [-0.2, 0) is 17.4 Å². The first-order valence-electron chi connectivity index (χ1n) is 8.39. The Kier molecular flexibility index (Phi) is 6.24. The molecule has 0 saturated heterocycles. The van der Waals surface area contributed by atoms with Gasteiger partial charge in [0, 0.05) is 25.2 Å². The number of nitrogens with zero attached hydrogens (tertiary/aromatic N) is 2. The molecule has 27 heavy (non-hydrogen) atoms. The van der Waals surface area contributed by atoms with Gasteiger partial charge in [0.05, 0.1) is 11.8 Å². The number of amides is 2. The fourth-order valence-corrected chi connectivity index (χ4v) is 2.58. The van der Waals surface area contributed by atoms with Crippen molar-refractivity contribution in [2.45, 2.75) is 39.4 Å². The Labute approximate surface area is 154 Å². The van der Waals surface area contributed by atoms with Gasteiger partial charge < -0.3 is 10.6 Å². The lowest BCUT2D eigenvalue weighted by Crippen LogP contribution is -2.28. The second-order valence-electron chi connectivity index (χ2n) is 6.33. The van der Waals surface area contributed by atoms with Crippen molar-refractivity contribution in [2.24, 2.45) is 0 Å². The Morgan fingerprint density at radius 2 is 1.81 bits per heavy atom. The third kappa shape index (κ3) is 5.32. The number of anilines is 1. The minimum Gasteiger partial charge on any atom is -0.352 e. The molecule has 1 aromatic carbocycles. The molecule has 0 fully saturated rings. The van der Waals surface area contributed by atoms with Crippen LogP contribution in [0.15, 0.2) is 30.5 Å². The van der Waals surface area contributed by atoms with Crippen LogP contribution in [0.4, 0.5) is 18.9 Å². The topological polar surface area (TPSA) is 76.0 Å². The van der Waals surface area contributed by atoms with E-state index in [1.807, 2.05) is 0 Å². The molecule has 1 heterocycles. The molecule has 0 spiro atoms. The number of carbonyl (C=O) groups is 2. The second kappa shape index (κ2) is 8.24. The van der Waals surface area contributed by atoms with Crippen LogP contribution in [0.5, 0.6) is 0 Å². The highest BCUT2D eigenvalue weighted by Gasteiger charge is 2.40. The molecule has 2 N–H and O–H groups in total. The van der Waals surface area contributed by atoms with Crippen molar-refractivity contribution in [1.29, 1.82) is 0 Å². The summed E-state index contributed by atoms with van der Waals surface area (Å²) in [6, 6.07) is 6.45. The van der Waals surface area contributed by atoms with Gasteiger partial charge in [0.2, 0.25) is 5.91 Å². The molecule has 0 saturated carbocycles. The van der Waals surface area contributed by atoms with Crippen LogP contribution in [-0.4, -0.2) is 28.1 Å². The SMILES string of the molecule is CC(=O)Nc1ccc(CCNC(=O)c2cnn(C(C)C)c2C(F)(F)F)cc1. The summed E-state index contributed by atoms with van der Waals surface area (Å²) in [5.41, 5.74) is -0.0172. The maximum Gasteiger partial charge on any atom is 0.433 e. The zero-order chi connectivity index (χ0) is 20.2. The van der Waals surface area contributed by atoms with E-state index in [0.717, 1.165) is 16.4 Å². The number of benzene rings is 1. The third-order valence-corrected chi connectivity index (χ3v) is 3.77. The molecule has 0 unspecified atom stereocenters. The molecule has 146 valence electrons. The van der Waals surface area contributed by atoms with Crippen LogP contribution in [0.1, 0.15) is 48.4 Å². The molecule has 0 bridgehead atoms. The summed E-state index contributed by atoms with van der Waals surface area (Å²) in [4.78, 5) is 23.2. The lowest BCUT2D eigenvalue weighted by atomic mass is 10.1. The number of rotatable bonds is 6. The van der Waals surface area contributed by atoms with Gasteiger partial charge in [-0.3, -0.25) is 14.3 Å². The zero-order valence-corrected chi connectivity index (χ0v) is 15.2. The van der Waals surface area contributed by atoms with Gasteiger partial charge in [-0.1, -0.05) is 12.1 Å². The quantitative estimate of drug-likeness (QED) is 0.804.